The Labute approximate surface area is 218 Å². The van der Waals surface area contributed by atoms with Crippen LogP contribution in [0, 0.1) is 0 Å². The first-order valence-electron chi connectivity index (χ1n) is 12.8. The molecular weight excluding hydrogens is 464 g/mol. The first-order valence-corrected chi connectivity index (χ1v) is 12.8. The van der Waals surface area contributed by atoms with E-state index in [4.69, 9.17) is 14.6 Å². The summed E-state index contributed by atoms with van der Waals surface area (Å²) < 4.78 is 11.0. The fraction of sp³-hybridized carbons (Fsp3) is 0.333. The molecule has 37 heavy (non-hydrogen) atoms. The van der Waals surface area contributed by atoms with Crippen LogP contribution in [-0.2, 0) is 11.3 Å². The highest BCUT2D eigenvalue weighted by Gasteiger charge is 2.35. The second kappa shape index (κ2) is 11.6. The van der Waals surface area contributed by atoms with Crippen LogP contribution >= 0.6 is 0 Å². The van der Waals surface area contributed by atoms with Crippen LogP contribution in [0.1, 0.15) is 29.2 Å². The first-order chi connectivity index (χ1) is 18.1. The maximum Gasteiger partial charge on any atom is 0.257 e. The molecule has 0 aromatic heterocycles. The molecule has 2 aliphatic heterocycles. The average molecular weight is 499 g/mol. The number of rotatable bonds is 8. The van der Waals surface area contributed by atoms with Crippen LogP contribution in [0.5, 0.6) is 11.5 Å². The molecule has 0 radical (unpaired) electrons. The molecule has 7 heteroatoms. The van der Waals surface area contributed by atoms with Crippen LogP contribution in [0.4, 0.5) is 0 Å². The molecule has 2 aliphatic rings. The van der Waals surface area contributed by atoms with E-state index < -0.39 is 0 Å². The molecule has 5 rings (SSSR count). The van der Waals surface area contributed by atoms with Gasteiger partial charge in [0.05, 0.1) is 32.5 Å². The Morgan fingerprint density at radius 3 is 2.22 bits per heavy atom. The van der Waals surface area contributed by atoms with Gasteiger partial charge >= 0.3 is 0 Å². The summed E-state index contributed by atoms with van der Waals surface area (Å²) in [5, 5.41) is 6.52. The molecule has 3 aromatic rings. The topological polar surface area (TPSA) is 57.6 Å². The van der Waals surface area contributed by atoms with Crippen LogP contribution < -0.4 is 9.47 Å². The van der Waals surface area contributed by atoms with Gasteiger partial charge in [-0.1, -0.05) is 48.5 Å². The van der Waals surface area contributed by atoms with Crippen molar-refractivity contribution in [2.75, 3.05) is 46.9 Å². The van der Waals surface area contributed by atoms with E-state index in [9.17, 15) is 4.79 Å². The fourth-order valence-corrected chi connectivity index (χ4v) is 5.09. The van der Waals surface area contributed by atoms with E-state index in [1.54, 1.807) is 19.2 Å². The predicted molar refractivity (Wildman–Crippen MR) is 145 cm³/mol. The summed E-state index contributed by atoms with van der Waals surface area (Å²) in [5.74, 6) is 1.57. The molecule has 1 saturated heterocycles. The third-order valence-electron chi connectivity index (χ3n) is 7.16. The van der Waals surface area contributed by atoms with Crippen molar-refractivity contribution in [1.82, 2.24) is 14.8 Å². The first kappa shape index (κ1) is 25.0. The summed E-state index contributed by atoms with van der Waals surface area (Å²) in [7, 11) is 3.32. The zero-order valence-electron chi connectivity index (χ0n) is 21.5. The van der Waals surface area contributed by atoms with Gasteiger partial charge in [0, 0.05) is 44.7 Å². The summed E-state index contributed by atoms with van der Waals surface area (Å²) >= 11 is 0. The SMILES string of the molecule is COc1ccc(C2=NN(C(=O)CN3CCN(Cc4ccccc4)CC3)[C@@H](c3ccccc3OC)C2)cc1. The summed E-state index contributed by atoms with van der Waals surface area (Å²) in [6, 6.07) is 26.1. The van der Waals surface area contributed by atoms with Crippen molar-refractivity contribution < 1.29 is 14.3 Å². The molecular formula is C30H34N4O3. The number of carbonyl (C=O) groups is 1. The van der Waals surface area contributed by atoms with Gasteiger partial charge in [-0.15, -0.1) is 0 Å². The quantitative estimate of drug-likeness (QED) is 0.466. The molecule has 0 bridgehead atoms. The van der Waals surface area contributed by atoms with Gasteiger partial charge in [0.15, 0.2) is 0 Å². The maximum absolute atomic E-state index is 13.6. The van der Waals surface area contributed by atoms with Crippen molar-refractivity contribution in [2.24, 2.45) is 5.10 Å². The van der Waals surface area contributed by atoms with Crippen molar-refractivity contribution >= 4 is 11.6 Å². The molecule has 2 heterocycles. The number of benzene rings is 3. The standard InChI is InChI=1S/C30H34N4O3/c1-36-25-14-12-24(13-15-25)27-20-28(26-10-6-7-11-29(26)37-2)34(31-27)30(35)22-33-18-16-32(17-19-33)21-23-8-4-3-5-9-23/h3-15,28H,16-22H2,1-2H3/t28-/m1/s1. The predicted octanol–water partition coefficient (Wildman–Crippen LogP) is 4.20. The number of carbonyl (C=O) groups excluding carboxylic acids is 1. The van der Waals surface area contributed by atoms with Crippen molar-refractivity contribution in [3.05, 3.63) is 95.6 Å². The minimum atomic E-state index is -0.208. The Hall–Kier alpha value is -3.68. The second-order valence-corrected chi connectivity index (χ2v) is 9.51. The Bertz CT molecular complexity index is 1220. The van der Waals surface area contributed by atoms with E-state index in [-0.39, 0.29) is 11.9 Å². The maximum atomic E-state index is 13.6. The number of hydrogen-bond donors (Lipinski definition) is 0. The number of nitrogens with zero attached hydrogens (tertiary/aromatic N) is 4. The number of para-hydroxylation sites is 1. The van der Waals surface area contributed by atoms with Gasteiger partial charge in [-0.05, 0) is 41.5 Å². The Balaban J connectivity index is 1.29. The Kier molecular flexibility index (Phi) is 7.82. The van der Waals surface area contributed by atoms with E-state index in [0.29, 0.717) is 13.0 Å². The second-order valence-electron chi connectivity index (χ2n) is 9.51. The van der Waals surface area contributed by atoms with Crippen molar-refractivity contribution in [2.45, 2.75) is 19.0 Å². The third kappa shape index (κ3) is 5.84. The minimum Gasteiger partial charge on any atom is -0.497 e. The van der Waals surface area contributed by atoms with Gasteiger partial charge in [-0.3, -0.25) is 14.6 Å². The minimum absolute atomic E-state index is 0.0101. The molecule has 0 unspecified atom stereocenters. The lowest BCUT2D eigenvalue weighted by Gasteiger charge is -2.35. The highest BCUT2D eigenvalue weighted by molar-refractivity contribution is 6.03. The van der Waals surface area contributed by atoms with Gasteiger partial charge in [-0.2, -0.15) is 5.10 Å². The zero-order chi connectivity index (χ0) is 25.6. The van der Waals surface area contributed by atoms with E-state index in [1.807, 2.05) is 54.6 Å². The van der Waals surface area contributed by atoms with Gasteiger partial charge < -0.3 is 9.47 Å². The van der Waals surface area contributed by atoms with E-state index in [2.05, 4.69) is 34.1 Å². The van der Waals surface area contributed by atoms with E-state index in [0.717, 1.165) is 61.1 Å². The summed E-state index contributed by atoms with van der Waals surface area (Å²) in [6.07, 6.45) is 0.628. The summed E-state index contributed by atoms with van der Waals surface area (Å²) in [4.78, 5) is 18.3. The number of ether oxygens (including phenoxy) is 2. The molecule has 0 N–H and O–H groups in total. The van der Waals surface area contributed by atoms with Crippen LogP contribution in [-0.4, -0.2) is 73.4 Å². The van der Waals surface area contributed by atoms with Crippen molar-refractivity contribution in [3.8, 4) is 11.5 Å². The van der Waals surface area contributed by atoms with Gasteiger partial charge in [0.2, 0.25) is 0 Å². The van der Waals surface area contributed by atoms with Crippen LogP contribution in [0.25, 0.3) is 0 Å². The lowest BCUT2D eigenvalue weighted by Crippen LogP contribution is -2.49. The smallest absolute Gasteiger partial charge is 0.257 e. The molecule has 0 spiro atoms. The average Bonchev–Trinajstić information content (AvgIpc) is 3.40. The highest BCUT2D eigenvalue weighted by atomic mass is 16.5. The fourth-order valence-electron chi connectivity index (χ4n) is 5.09. The summed E-state index contributed by atoms with van der Waals surface area (Å²) in [5.41, 5.74) is 4.17. The van der Waals surface area contributed by atoms with Crippen LogP contribution in [0.15, 0.2) is 84.0 Å². The lowest BCUT2D eigenvalue weighted by atomic mass is 9.97. The number of methoxy groups -OCH3 is 2. The Morgan fingerprint density at radius 1 is 0.838 bits per heavy atom. The molecule has 192 valence electrons. The summed E-state index contributed by atoms with van der Waals surface area (Å²) in [6.45, 7) is 4.91. The number of hydrazone groups is 1. The molecule has 1 amide bonds. The van der Waals surface area contributed by atoms with E-state index >= 15 is 0 Å². The highest BCUT2D eigenvalue weighted by Crippen LogP contribution is 2.37. The van der Waals surface area contributed by atoms with Crippen molar-refractivity contribution in [3.63, 3.8) is 0 Å². The normalized spacial score (nSPS) is 18.5. The van der Waals surface area contributed by atoms with E-state index in [1.165, 1.54) is 5.56 Å². The van der Waals surface area contributed by atoms with Crippen LogP contribution in [0.2, 0.25) is 0 Å². The van der Waals surface area contributed by atoms with Gasteiger partial charge in [-0.25, -0.2) is 5.01 Å². The molecule has 0 saturated carbocycles. The number of hydrogen-bond acceptors (Lipinski definition) is 6. The molecule has 1 atom stereocenters. The molecule has 3 aromatic carbocycles. The zero-order valence-corrected chi connectivity index (χ0v) is 21.5. The van der Waals surface area contributed by atoms with Crippen molar-refractivity contribution in [1.29, 1.82) is 0 Å². The lowest BCUT2D eigenvalue weighted by molar-refractivity contribution is -0.134. The van der Waals surface area contributed by atoms with Crippen LogP contribution in [0.3, 0.4) is 0 Å². The molecule has 7 nitrogen and oxygen atoms in total. The monoisotopic (exact) mass is 498 g/mol. The van der Waals surface area contributed by atoms with Gasteiger partial charge in [0.25, 0.3) is 5.91 Å². The molecule has 0 aliphatic carbocycles. The molecule has 1 fully saturated rings. The Morgan fingerprint density at radius 2 is 1.51 bits per heavy atom. The number of piperazine rings is 1. The van der Waals surface area contributed by atoms with Gasteiger partial charge in [0.1, 0.15) is 11.5 Å². The third-order valence-corrected chi connectivity index (χ3v) is 7.16. The largest absolute Gasteiger partial charge is 0.497 e. The number of amides is 1.